The van der Waals surface area contributed by atoms with E-state index in [1.54, 1.807) is 11.9 Å². The number of anilines is 1. The van der Waals surface area contributed by atoms with Gasteiger partial charge in [-0.15, -0.1) is 0 Å². The van der Waals surface area contributed by atoms with Crippen molar-refractivity contribution in [3.63, 3.8) is 0 Å². The Bertz CT molecular complexity index is 450. The van der Waals surface area contributed by atoms with Crippen molar-refractivity contribution < 1.29 is 13.2 Å². The quantitative estimate of drug-likeness (QED) is 0.796. The first kappa shape index (κ1) is 13.4. The van der Waals surface area contributed by atoms with Gasteiger partial charge in [-0.2, -0.15) is 13.2 Å². The molecule has 2 unspecified atom stereocenters. The zero-order chi connectivity index (χ0) is 13.5. The number of nitrogens with zero attached hydrogens (tertiary/aromatic N) is 3. The third-order valence-electron chi connectivity index (χ3n) is 3.11. The van der Waals surface area contributed by atoms with Gasteiger partial charge < -0.3 is 4.90 Å². The van der Waals surface area contributed by atoms with Crippen LogP contribution in [0.5, 0.6) is 0 Å². The first-order valence-electron chi connectivity index (χ1n) is 5.60. The van der Waals surface area contributed by atoms with Crippen LogP contribution in [-0.2, 0) is 6.18 Å². The molecule has 1 aliphatic rings. The van der Waals surface area contributed by atoms with E-state index in [-0.39, 0.29) is 11.0 Å². The Balaban J connectivity index is 2.19. The minimum Gasteiger partial charge on any atom is -0.359 e. The van der Waals surface area contributed by atoms with Crippen molar-refractivity contribution >= 4 is 17.4 Å². The highest BCUT2D eigenvalue weighted by Crippen LogP contribution is 2.38. The lowest BCUT2D eigenvalue weighted by atomic mass is 10.3. The Morgan fingerprint density at radius 1 is 1.44 bits per heavy atom. The zero-order valence-corrected chi connectivity index (χ0v) is 10.8. The smallest absolute Gasteiger partial charge is 0.359 e. The number of hydrogen-bond acceptors (Lipinski definition) is 3. The summed E-state index contributed by atoms with van der Waals surface area (Å²) >= 11 is 5.60. The molecule has 1 heterocycles. The summed E-state index contributed by atoms with van der Waals surface area (Å²) in [6.07, 6.45) is -3.47. The second-order valence-electron chi connectivity index (χ2n) is 4.72. The van der Waals surface area contributed by atoms with Crippen LogP contribution in [0.3, 0.4) is 0 Å². The van der Waals surface area contributed by atoms with Gasteiger partial charge in [0.25, 0.3) is 0 Å². The number of rotatable bonds is 3. The van der Waals surface area contributed by atoms with E-state index in [9.17, 15) is 13.2 Å². The Hall–Kier alpha value is -1.04. The molecule has 2 atom stereocenters. The maximum atomic E-state index is 12.5. The van der Waals surface area contributed by atoms with Crippen molar-refractivity contribution in [2.24, 2.45) is 11.8 Å². The molecule has 0 bridgehead atoms. The summed E-state index contributed by atoms with van der Waals surface area (Å²) in [5.41, 5.74) is 0. The van der Waals surface area contributed by atoms with Gasteiger partial charge in [-0.3, -0.25) is 0 Å². The first-order valence-corrected chi connectivity index (χ1v) is 5.98. The highest BCUT2D eigenvalue weighted by atomic mass is 35.5. The maximum absolute atomic E-state index is 12.5. The van der Waals surface area contributed by atoms with Gasteiger partial charge in [0.05, 0.1) is 0 Å². The van der Waals surface area contributed by atoms with Crippen molar-refractivity contribution in [1.29, 1.82) is 0 Å². The van der Waals surface area contributed by atoms with Crippen LogP contribution in [0, 0.1) is 11.8 Å². The van der Waals surface area contributed by atoms with Crippen LogP contribution in [-0.4, -0.2) is 23.6 Å². The van der Waals surface area contributed by atoms with E-state index in [1.807, 2.05) is 0 Å². The van der Waals surface area contributed by atoms with Crippen molar-refractivity contribution in [2.75, 3.05) is 18.5 Å². The highest BCUT2D eigenvalue weighted by molar-refractivity contribution is 6.29. The predicted octanol–water partition coefficient (Wildman–Crippen LogP) is 3.24. The monoisotopic (exact) mass is 279 g/mol. The molecule has 1 fully saturated rings. The maximum Gasteiger partial charge on any atom is 0.451 e. The third-order valence-corrected chi connectivity index (χ3v) is 3.30. The van der Waals surface area contributed by atoms with Gasteiger partial charge >= 0.3 is 6.18 Å². The lowest BCUT2D eigenvalue weighted by Gasteiger charge is -2.19. The zero-order valence-electron chi connectivity index (χ0n) is 10.00. The lowest BCUT2D eigenvalue weighted by molar-refractivity contribution is -0.144. The fourth-order valence-electron chi connectivity index (χ4n) is 1.83. The molecule has 0 spiro atoms. The van der Waals surface area contributed by atoms with Gasteiger partial charge in [0.1, 0.15) is 11.0 Å². The molecular weight excluding hydrogens is 267 g/mol. The molecule has 1 saturated carbocycles. The molecule has 0 saturated heterocycles. The first-order chi connectivity index (χ1) is 8.27. The van der Waals surface area contributed by atoms with E-state index >= 15 is 0 Å². The van der Waals surface area contributed by atoms with E-state index in [2.05, 4.69) is 16.9 Å². The van der Waals surface area contributed by atoms with E-state index < -0.39 is 12.0 Å². The SMILES string of the molecule is CC1CC1CN(C)c1cc(Cl)nc(C(F)(F)F)n1. The Morgan fingerprint density at radius 2 is 2.06 bits per heavy atom. The molecule has 0 N–H and O–H groups in total. The average molecular weight is 280 g/mol. The molecule has 100 valence electrons. The standard InChI is InChI=1S/C11H13ClF3N3/c1-6-3-7(6)5-18(2)9-4-8(12)16-10(17-9)11(13,14)15/h4,6-7H,3,5H2,1-2H3. The number of halogens is 4. The molecule has 2 rings (SSSR count). The molecule has 0 amide bonds. The van der Waals surface area contributed by atoms with Crippen LogP contribution < -0.4 is 4.90 Å². The molecule has 1 aliphatic carbocycles. The summed E-state index contributed by atoms with van der Waals surface area (Å²) in [6.45, 7) is 2.80. The summed E-state index contributed by atoms with van der Waals surface area (Å²) in [7, 11) is 1.71. The van der Waals surface area contributed by atoms with Crippen LogP contribution in [0.25, 0.3) is 0 Å². The number of aromatic nitrogens is 2. The molecule has 1 aromatic heterocycles. The Kier molecular flexibility index (Phi) is 3.40. The van der Waals surface area contributed by atoms with E-state index in [4.69, 9.17) is 11.6 Å². The van der Waals surface area contributed by atoms with Gasteiger partial charge in [-0.1, -0.05) is 18.5 Å². The largest absolute Gasteiger partial charge is 0.451 e. The molecular formula is C11H13ClF3N3. The van der Waals surface area contributed by atoms with Crippen molar-refractivity contribution in [1.82, 2.24) is 9.97 Å². The van der Waals surface area contributed by atoms with Gasteiger partial charge in [-0.05, 0) is 18.3 Å². The fraction of sp³-hybridized carbons (Fsp3) is 0.636. The molecule has 18 heavy (non-hydrogen) atoms. The minimum atomic E-state index is -4.58. The summed E-state index contributed by atoms with van der Waals surface area (Å²) in [5, 5.41) is -0.192. The van der Waals surface area contributed by atoms with Gasteiger partial charge in [-0.25, -0.2) is 9.97 Å². The molecule has 3 nitrogen and oxygen atoms in total. The predicted molar refractivity (Wildman–Crippen MR) is 62.6 cm³/mol. The minimum absolute atomic E-state index is 0.192. The summed E-state index contributed by atoms with van der Waals surface area (Å²) in [6, 6.07) is 1.35. The molecule has 1 aromatic rings. The molecule has 0 aromatic carbocycles. The van der Waals surface area contributed by atoms with Crippen LogP contribution in [0.1, 0.15) is 19.2 Å². The number of hydrogen-bond donors (Lipinski definition) is 0. The molecule has 0 radical (unpaired) electrons. The highest BCUT2D eigenvalue weighted by Gasteiger charge is 2.37. The normalized spacial score (nSPS) is 23.0. The Labute approximate surface area is 108 Å². The van der Waals surface area contributed by atoms with Gasteiger partial charge in [0.15, 0.2) is 0 Å². The molecule has 0 aliphatic heterocycles. The Morgan fingerprint density at radius 3 is 2.56 bits per heavy atom. The van der Waals surface area contributed by atoms with E-state index in [0.717, 1.165) is 6.42 Å². The van der Waals surface area contributed by atoms with E-state index in [1.165, 1.54) is 6.07 Å². The van der Waals surface area contributed by atoms with Gasteiger partial charge in [0, 0.05) is 19.7 Å². The van der Waals surface area contributed by atoms with Crippen LogP contribution >= 0.6 is 11.6 Å². The second kappa shape index (κ2) is 4.57. The van der Waals surface area contributed by atoms with Crippen LogP contribution in [0.15, 0.2) is 6.07 Å². The second-order valence-corrected chi connectivity index (χ2v) is 5.11. The fourth-order valence-corrected chi connectivity index (χ4v) is 2.00. The summed E-state index contributed by atoms with van der Waals surface area (Å²) < 4.78 is 37.6. The van der Waals surface area contributed by atoms with Crippen molar-refractivity contribution in [2.45, 2.75) is 19.5 Å². The molecule has 7 heteroatoms. The van der Waals surface area contributed by atoms with E-state index in [0.29, 0.717) is 18.4 Å². The lowest BCUT2D eigenvalue weighted by Crippen LogP contribution is -2.23. The van der Waals surface area contributed by atoms with Gasteiger partial charge in [0.2, 0.25) is 5.82 Å². The third kappa shape index (κ3) is 3.04. The van der Waals surface area contributed by atoms with Crippen molar-refractivity contribution in [3.05, 3.63) is 17.0 Å². The van der Waals surface area contributed by atoms with Crippen LogP contribution in [0.4, 0.5) is 19.0 Å². The van der Waals surface area contributed by atoms with Crippen LogP contribution in [0.2, 0.25) is 5.15 Å². The average Bonchev–Trinajstić information content (AvgIpc) is 2.92. The summed E-state index contributed by atoms with van der Waals surface area (Å²) in [5.74, 6) is 0.173. The summed E-state index contributed by atoms with van der Waals surface area (Å²) in [4.78, 5) is 8.41. The number of alkyl halides is 3. The topological polar surface area (TPSA) is 29.0 Å². The van der Waals surface area contributed by atoms with Crippen molar-refractivity contribution in [3.8, 4) is 0 Å².